The molecule has 1 aromatic rings. The Morgan fingerprint density at radius 2 is 2.29 bits per heavy atom. The summed E-state index contributed by atoms with van der Waals surface area (Å²) in [5.41, 5.74) is 1.13. The van der Waals surface area contributed by atoms with Crippen LogP contribution in [-0.4, -0.2) is 16.5 Å². The van der Waals surface area contributed by atoms with Crippen LogP contribution in [0, 0.1) is 30.1 Å². The van der Waals surface area contributed by atoms with Crippen molar-refractivity contribution in [1.82, 2.24) is 9.97 Å². The van der Waals surface area contributed by atoms with Gasteiger partial charge < -0.3 is 5.32 Å². The Morgan fingerprint density at radius 3 is 2.93 bits per heavy atom. The van der Waals surface area contributed by atoms with Gasteiger partial charge in [-0.05, 0) is 19.9 Å². The Morgan fingerprint density at radius 1 is 1.50 bits per heavy atom. The smallest absolute Gasteiger partial charge is 0.224 e. The molecule has 0 fully saturated rings. The van der Waals surface area contributed by atoms with Crippen LogP contribution in [0.2, 0.25) is 0 Å². The first-order valence-corrected chi connectivity index (χ1v) is 4.15. The van der Waals surface area contributed by atoms with E-state index in [1.54, 1.807) is 13.0 Å². The minimum Gasteiger partial charge on any atom is -0.343 e. The van der Waals surface area contributed by atoms with Crippen LogP contribution < -0.4 is 5.32 Å². The molecule has 1 N–H and O–H groups in total. The molecule has 4 heteroatoms. The lowest BCUT2D eigenvalue weighted by molar-refractivity contribution is 1.06. The van der Waals surface area contributed by atoms with Gasteiger partial charge in [0, 0.05) is 5.69 Å². The zero-order valence-electron chi connectivity index (χ0n) is 8.13. The number of nitrogens with zero attached hydrogens (tertiary/aromatic N) is 3. The summed E-state index contributed by atoms with van der Waals surface area (Å²) >= 11 is 0. The lowest BCUT2D eigenvalue weighted by Crippen LogP contribution is -2.05. The van der Waals surface area contributed by atoms with Gasteiger partial charge in [0.15, 0.2) is 0 Å². The minimum atomic E-state index is 0.365. The molecule has 70 valence electrons. The maximum absolute atomic E-state index is 8.66. The van der Waals surface area contributed by atoms with E-state index in [4.69, 9.17) is 5.26 Å². The summed E-state index contributed by atoms with van der Waals surface area (Å²) in [5, 5.41) is 11.6. The zero-order chi connectivity index (χ0) is 10.4. The molecule has 1 rings (SSSR count). The Labute approximate surface area is 83.0 Å². The number of aryl methyl sites for hydroxylation is 1. The Hall–Kier alpha value is -2.07. The molecule has 1 aromatic heterocycles. The highest BCUT2D eigenvalue weighted by Crippen LogP contribution is 2.02. The molecule has 0 saturated heterocycles. The second-order valence-electron chi connectivity index (χ2n) is 2.61. The van der Waals surface area contributed by atoms with E-state index in [2.05, 4.69) is 27.1 Å². The highest BCUT2D eigenvalue weighted by Gasteiger charge is 1.99. The van der Waals surface area contributed by atoms with E-state index in [1.165, 1.54) is 0 Å². The van der Waals surface area contributed by atoms with Crippen molar-refractivity contribution in [3.05, 3.63) is 17.5 Å². The van der Waals surface area contributed by atoms with E-state index in [9.17, 15) is 0 Å². The van der Waals surface area contributed by atoms with Crippen molar-refractivity contribution in [2.75, 3.05) is 11.9 Å². The molecule has 0 bridgehead atoms. The van der Waals surface area contributed by atoms with Crippen molar-refractivity contribution in [3.63, 3.8) is 0 Å². The van der Waals surface area contributed by atoms with E-state index >= 15 is 0 Å². The Balaban J connectivity index is 2.81. The molecule has 0 aliphatic rings. The van der Waals surface area contributed by atoms with Gasteiger partial charge in [-0.3, -0.25) is 0 Å². The van der Waals surface area contributed by atoms with E-state index in [-0.39, 0.29) is 0 Å². The van der Waals surface area contributed by atoms with Crippen LogP contribution in [0.25, 0.3) is 0 Å². The monoisotopic (exact) mass is 186 g/mol. The first-order valence-electron chi connectivity index (χ1n) is 4.15. The van der Waals surface area contributed by atoms with Crippen LogP contribution in [0.15, 0.2) is 6.07 Å². The molecule has 0 spiro atoms. The third-order valence-corrected chi connectivity index (χ3v) is 1.48. The summed E-state index contributed by atoms with van der Waals surface area (Å²) in [6.45, 7) is 4.07. The molecule has 0 saturated carbocycles. The van der Waals surface area contributed by atoms with Gasteiger partial charge >= 0.3 is 0 Å². The fraction of sp³-hybridized carbons (Fsp3) is 0.300. The predicted octanol–water partition coefficient (Wildman–Crippen LogP) is 1.09. The number of rotatable bonds is 2. The molecular formula is C10H10N4. The number of nitriles is 1. The Bertz CT molecular complexity index is 420. The molecule has 0 unspecified atom stereocenters. The van der Waals surface area contributed by atoms with Crippen LogP contribution in [-0.2, 0) is 0 Å². The normalized spacial score (nSPS) is 8.36. The number of anilines is 1. The van der Waals surface area contributed by atoms with Gasteiger partial charge in [0.1, 0.15) is 11.8 Å². The molecule has 0 atom stereocenters. The van der Waals surface area contributed by atoms with Crippen LogP contribution in [0.5, 0.6) is 0 Å². The van der Waals surface area contributed by atoms with Gasteiger partial charge in [-0.15, -0.1) is 5.92 Å². The largest absolute Gasteiger partial charge is 0.343 e. The standard InChI is InChI=1S/C10H10N4/c1-3-4-5-12-10-13-8(2)6-9(7-11)14-10/h6H,5H2,1-2H3,(H,12,13,14). The summed E-state index contributed by atoms with van der Waals surface area (Å²) in [7, 11) is 0. The summed E-state index contributed by atoms with van der Waals surface area (Å²) in [6, 6.07) is 3.61. The average molecular weight is 186 g/mol. The fourth-order valence-electron chi connectivity index (χ4n) is 0.917. The molecule has 0 aliphatic carbocycles. The number of nitrogens with one attached hydrogen (secondary N) is 1. The maximum Gasteiger partial charge on any atom is 0.224 e. The second-order valence-corrected chi connectivity index (χ2v) is 2.61. The molecule has 1 heterocycles. The van der Waals surface area contributed by atoms with E-state index in [1.807, 2.05) is 13.0 Å². The highest BCUT2D eigenvalue weighted by molar-refractivity contribution is 5.34. The fourth-order valence-corrected chi connectivity index (χ4v) is 0.917. The van der Waals surface area contributed by atoms with E-state index < -0.39 is 0 Å². The van der Waals surface area contributed by atoms with Gasteiger partial charge in [0.05, 0.1) is 6.54 Å². The topological polar surface area (TPSA) is 61.6 Å². The van der Waals surface area contributed by atoms with Gasteiger partial charge in [0.25, 0.3) is 0 Å². The molecule has 0 amide bonds. The molecule has 14 heavy (non-hydrogen) atoms. The molecular weight excluding hydrogens is 176 g/mol. The number of hydrogen-bond acceptors (Lipinski definition) is 4. The quantitative estimate of drug-likeness (QED) is 0.702. The lowest BCUT2D eigenvalue weighted by Gasteiger charge is -2.01. The summed E-state index contributed by atoms with van der Waals surface area (Å²) in [5.74, 6) is 6.03. The minimum absolute atomic E-state index is 0.365. The van der Waals surface area contributed by atoms with Gasteiger partial charge in [0.2, 0.25) is 5.95 Å². The average Bonchev–Trinajstić information content (AvgIpc) is 2.17. The van der Waals surface area contributed by atoms with Crippen molar-refractivity contribution in [2.45, 2.75) is 13.8 Å². The third kappa shape index (κ3) is 2.76. The van der Waals surface area contributed by atoms with E-state index in [0.717, 1.165) is 5.69 Å². The van der Waals surface area contributed by atoms with Crippen LogP contribution in [0.3, 0.4) is 0 Å². The zero-order valence-corrected chi connectivity index (χ0v) is 8.13. The van der Waals surface area contributed by atoms with Crippen molar-refractivity contribution in [3.8, 4) is 17.9 Å². The molecule has 0 aromatic carbocycles. The first kappa shape index (κ1) is 10.0. The van der Waals surface area contributed by atoms with Crippen molar-refractivity contribution in [2.24, 2.45) is 0 Å². The number of hydrogen-bond donors (Lipinski definition) is 1. The summed E-state index contributed by atoms with van der Waals surface area (Å²) < 4.78 is 0. The van der Waals surface area contributed by atoms with Gasteiger partial charge in [-0.1, -0.05) is 5.92 Å². The predicted molar refractivity (Wildman–Crippen MR) is 53.4 cm³/mol. The molecule has 4 nitrogen and oxygen atoms in total. The van der Waals surface area contributed by atoms with Gasteiger partial charge in [-0.2, -0.15) is 5.26 Å². The van der Waals surface area contributed by atoms with Gasteiger partial charge in [-0.25, -0.2) is 9.97 Å². The summed E-state index contributed by atoms with van der Waals surface area (Å²) in [6.07, 6.45) is 0. The molecule has 0 radical (unpaired) electrons. The van der Waals surface area contributed by atoms with Crippen molar-refractivity contribution in [1.29, 1.82) is 5.26 Å². The van der Waals surface area contributed by atoms with Crippen molar-refractivity contribution >= 4 is 5.95 Å². The van der Waals surface area contributed by atoms with Crippen LogP contribution in [0.4, 0.5) is 5.95 Å². The third-order valence-electron chi connectivity index (χ3n) is 1.48. The SMILES string of the molecule is CC#CCNc1nc(C)cc(C#N)n1. The Kier molecular flexibility index (Phi) is 3.46. The number of aromatic nitrogens is 2. The molecule has 0 aliphatic heterocycles. The highest BCUT2D eigenvalue weighted by atomic mass is 15.1. The van der Waals surface area contributed by atoms with E-state index in [0.29, 0.717) is 18.2 Å². The lowest BCUT2D eigenvalue weighted by atomic mass is 10.3. The maximum atomic E-state index is 8.66. The van der Waals surface area contributed by atoms with Crippen LogP contribution in [0.1, 0.15) is 18.3 Å². The first-order chi connectivity index (χ1) is 6.76. The van der Waals surface area contributed by atoms with Crippen molar-refractivity contribution < 1.29 is 0 Å². The second kappa shape index (κ2) is 4.84. The summed E-state index contributed by atoms with van der Waals surface area (Å²) in [4.78, 5) is 8.09. The van der Waals surface area contributed by atoms with Crippen LogP contribution >= 0.6 is 0 Å².